The van der Waals surface area contributed by atoms with Crippen LogP contribution in [0, 0.1) is 0 Å². The van der Waals surface area contributed by atoms with E-state index in [0.29, 0.717) is 11.1 Å². The summed E-state index contributed by atoms with van der Waals surface area (Å²) in [7, 11) is 0. The van der Waals surface area contributed by atoms with Crippen LogP contribution in [0.5, 0.6) is 5.75 Å². The third kappa shape index (κ3) is 4.78. The van der Waals surface area contributed by atoms with Crippen LogP contribution in [0.25, 0.3) is 0 Å². The van der Waals surface area contributed by atoms with Crippen LogP contribution in [0.15, 0.2) is 48.5 Å². The standard InChI is InChI=1S/C19H17F3N2O3/c20-19(21,22)27-16-8-4-1-5-12(16)9-10-23-17(25)11-15-13-6-2-3-7-14(13)18(26)24-15/h1-8,15H,9-11H2,(H,23,25)(H,24,26)/t15-/m0/s1. The van der Waals surface area contributed by atoms with Crippen molar-refractivity contribution in [2.24, 2.45) is 0 Å². The highest BCUT2D eigenvalue weighted by atomic mass is 19.4. The van der Waals surface area contributed by atoms with Gasteiger partial charge in [-0.05, 0) is 29.7 Å². The Bertz CT molecular complexity index is 852. The highest BCUT2D eigenvalue weighted by molar-refractivity contribution is 5.99. The molecule has 3 rings (SSSR count). The molecule has 2 amide bonds. The van der Waals surface area contributed by atoms with Gasteiger partial charge in [-0.25, -0.2) is 0 Å². The van der Waals surface area contributed by atoms with E-state index in [2.05, 4.69) is 15.4 Å². The van der Waals surface area contributed by atoms with Gasteiger partial charge in [0.15, 0.2) is 0 Å². The van der Waals surface area contributed by atoms with Crippen molar-refractivity contribution in [1.29, 1.82) is 0 Å². The van der Waals surface area contributed by atoms with Crippen molar-refractivity contribution in [3.05, 3.63) is 65.2 Å². The van der Waals surface area contributed by atoms with E-state index in [4.69, 9.17) is 0 Å². The Morgan fingerprint density at radius 2 is 1.81 bits per heavy atom. The molecule has 2 aromatic rings. The zero-order valence-corrected chi connectivity index (χ0v) is 14.2. The van der Waals surface area contributed by atoms with Gasteiger partial charge in [0.2, 0.25) is 5.91 Å². The summed E-state index contributed by atoms with van der Waals surface area (Å²) in [6.45, 7) is 0.152. The van der Waals surface area contributed by atoms with Crippen LogP contribution < -0.4 is 15.4 Å². The Hall–Kier alpha value is -3.03. The number of nitrogens with one attached hydrogen (secondary N) is 2. The first-order chi connectivity index (χ1) is 12.8. The van der Waals surface area contributed by atoms with Gasteiger partial charge >= 0.3 is 6.36 Å². The molecule has 0 fully saturated rings. The van der Waals surface area contributed by atoms with Gasteiger partial charge in [0.05, 0.1) is 12.5 Å². The predicted octanol–water partition coefficient (Wildman–Crippen LogP) is 3.12. The average molecular weight is 378 g/mol. The van der Waals surface area contributed by atoms with E-state index in [1.165, 1.54) is 18.2 Å². The van der Waals surface area contributed by atoms with Crippen LogP contribution in [0.1, 0.15) is 33.9 Å². The molecule has 5 nitrogen and oxygen atoms in total. The molecule has 0 saturated carbocycles. The average Bonchev–Trinajstić information content (AvgIpc) is 2.91. The van der Waals surface area contributed by atoms with Crippen molar-refractivity contribution in [3.8, 4) is 5.75 Å². The third-order valence-electron chi connectivity index (χ3n) is 4.19. The number of fused-ring (bicyclic) bond motifs is 1. The second-order valence-corrected chi connectivity index (χ2v) is 6.07. The van der Waals surface area contributed by atoms with Crippen molar-refractivity contribution in [1.82, 2.24) is 10.6 Å². The zero-order valence-electron chi connectivity index (χ0n) is 14.2. The Morgan fingerprint density at radius 1 is 1.11 bits per heavy atom. The Labute approximate surface area is 153 Å². The number of hydrogen-bond donors (Lipinski definition) is 2. The molecule has 2 aromatic carbocycles. The third-order valence-corrected chi connectivity index (χ3v) is 4.19. The van der Waals surface area contributed by atoms with Crippen molar-refractivity contribution in [2.45, 2.75) is 25.2 Å². The van der Waals surface area contributed by atoms with Crippen LogP contribution in [0.3, 0.4) is 0 Å². The van der Waals surface area contributed by atoms with Crippen molar-refractivity contribution in [3.63, 3.8) is 0 Å². The first kappa shape index (κ1) is 18.8. The number of alkyl halides is 3. The zero-order chi connectivity index (χ0) is 19.4. The number of benzene rings is 2. The minimum atomic E-state index is -4.77. The van der Waals surface area contributed by atoms with E-state index in [9.17, 15) is 22.8 Å². The summed E-state index contributed by atoms with van der Waals surface area (Å²) >= 11 is 0. The molecule has 0 spiro atoms. The van der Waals surface area contributed by atoms with Crippen molar-refractivity contribution < 1.29 is 27.5 Å². The van der Waals surface area contributed by atoms with E-state index >= 15 is 0 Å². The number of rotatable bonds is 6. The fourth-order valence-corrected chi connectivity index (χ4v) is 3.01. The maximum absolute atomic E-state index is 12.4. The largest absolute Gasteiger partial charge is 0.573 e. The summed E-state index contributed by atoms with van der Waals surface area (Å²) in [6, 6.07) is 12.4. The van der Waals surface area contributed by atoms with Crippen LogP contribution in [0.4, 0.5) is 13.2 Å². The first-order valence-electron chi connectivity index (χ1n) is 8.33. The van der Waals surface area contributed by atoms with E-state index in [-0.39, 0.29) is 37.0 Å². The molecular formula is C19H17F3N2O3. The summed E-state index contributed by atoms with van der Waals surface area (Å²) in [5, 5.41) is 5.42. The fraction of sp³-hybridized carbons (Fsp3) is 0.263. The topological polar surface area (TPSA) is 67.4 Å². The number of carbonyl (C=O) groups is 2. The van der Waals surface area contributed by atoms with E-state index in [0.717, 1.165) is 5.56 Å². The van der Waals surface area contributed by atoms with Crippen LogP contribution in [-0.2, 0) is 11.2 Å². The van der Waals surface area contributed by atoms with E-state index < -0.39 is 12.4 Å². The number of para-hydroxylation sites is 1. The number of halogens is 3. The molecule has 0 radical (unpaired) electrons. The number of amides is 2. The molecule has 27 heavy (non-hydrogen) atoms. The van der Waals surface area contributed by atoms with Crippen LogP contribution >= 0.6 is 0 Å². The summed E-state index contributed by atoms with van der Waals surface area (Å²) < 4.78 is 41.3. The lowest BCUT2D eigenvalue weighted by Crippen LogP contribution is -2.30. The van der Waals surface area contributed by atoms with Gasteiger partial charge in [0.25, 0.3) is 5.91 Å². The van der Waals surface area contributed by atoms with Gasteiger partial charge in [-0.15, -0.1) is 13.2 Å². The molecule has 0 aliphatic carbocycles. The molecule has 1 atom stereocenters. The quantitative estimate of drug-likeness (QED) is 0.812. The first-order valence-corrected chi connectivity index (χ1v) is 8.33. The molecule has 0 bridgehead atoms. The Balaban J connectivity index is 1.53. The predicted molar refractivity (Wildman–Crippen MR) is 91.1 cm³/mol. The van der Waals surface area contributed by atoms with Gasteiger partial charge in [0, 0.05) is 12.1 Å². The van der Waals surface area contributed by atoms with E-state index in [1.807, 2.05) is 0 Å². The lowest BCUT2D eigenvalue weighted by molar-refractivity contribution is -0.274. The molecule has 1 aliphatic heterocycles. The smallest absolute Gasteiger partial charge is 0.406 e. The summed E-state index contributed by atoms with van der Waals surface area (Å²) in [4.78, 5) is 24.0. The number of hydrogen-bond acceptors (Lipinski definition) is 3. The van der Waals surface area contributed by atoms with E-state index in [1.54, 1.807) is 30.3 Å². The molecule has 0 saturated heterocycles. The monoisotopic (exact) mass is 378 g/mol. The molecule has 142 valence electrons. The summed E-state index contributed by atoms with van der Waals surface area (Å²) in [5.74, 6) is -0.802. The van der Waals surface area contributed by atoms with Gasteiger partial charge < -0.3 is 15.4 Å². The van der Waals surface area contributed by atoms with Crippen molar-refractivity contribution >= 4 is 11.8 Å². The number of ether oxygens (including phenoxy) is 1. The molecular weight excluding hydrogens is 361 g/mol. The van der Waals surface area contributed by atoms with Crippen LogP contribution in [-0.4, -0.2) is 24.7 Å². The second kappa shape index (κ2) is 7.69. The molecule has 1 heterocycles. The minimum Gasteiger partial charge on any atom is -0.406 e. The van der Waals surface area contributed by atoms with Gasteiger partial charge in [-0.3, -0.25) is 9.59 Å². The summed E-state index contributed by atoms with van der Waals surface area (Å²) in [6.07, 6.45) is -4.53. The molecule has 2 N–H and O–H groups in total. The lowest BCUT2D eigenvalue weighted by atomic mass is 10.0. The molecule has 1 aliphatic rings. The van der Waals surface area contributed by atoms with Gasteiger partial charge in [-0.1, -0.05) is 36.4 Å². The minimum absolute atomic E-state index is 0.0590. The maximum Gasteiger partial charge on any atom is 0.573 e. The van der Waals surface area contributed by atoms with Crippen molar-refractivity contribution in [2.75, 3.05) is 6.54 Å². The molecule has 8 heteroatoms. The molecule has 0 aromatic heterocycles. The SMILES string of the molecule is O=C(C[C@@H]1NC(=O)c2ccccc21)NCCc1ccccc1OC(F)(F)F. The Morgan fingerprint density at radius 3 is 2.59 bits per heavy atom. The normalized spacial score (nSPS) is 15.8. The van der Waals surface area contributed by atoms with Gasteiger partial charge in [-0.2, -0.15) is 0 Å². The maximum atomic E-state index is 12.4. The second-order valence-electron chi connectivity index (χ2n) is 6.07. The summed E-state index contributed by atoms with van der Waals surface area (Å²) in [5.41, 5.74) is 1.66. The Kier molecular flexibility index (Phi) is 5.34. The highest BCUT2D eigenvalue weighted by Gasteiger charge is 2.32. The van der Waals surface area contributed by atoms with Crippen LogP contribution in [0.2, 0.25) is 0 Å². The molecule has 0 unspecified atom stereocenters. The lowest BCUT2D eigenvalue weighted by Gasteiger charge is -2.14. The fourth-order valence-electron chi connectivity index (χ4n) is 3.01. The highest BCUT2D eigenvalue weighted by Crippen LogP contribution is 2.28. The number of carbonyl (C=O) groups excluding carboxylic acids is 2. The van der Waals surface area contributed by atoms with Gasteiger partial charge in [0.1, 0.15) is 5.75 Å².